The van der Waals surface area contributed by atoms with Gasteiger partial charge in [0.2, 0.25) is 18.2 Å². The molecule has 1 aliphatic rings. The molecule has 0 saturated carbocycles. The normalized spacial score (nSPS) is 12.9. The number of nitrogens with zero attached hydrogens (tertiary/aromatic N) is 5. The van der Waals surface area contributed by atoms with Gasteiger partial charge >= 0.3 is 0 Å². The zero-order chi connectivity index (χ0) is 19.9. The Morgan fingerprint density at radius 3 is 2.87 bits per heavy atom. The average Bonchev–Trinajstić information content (AvgIpc) is 3.52. The van der Waals surface area contributed by atoms with Gasteiger partial charge < -0.3 is 9.15 Å². The van der Waals surface area contributed by atoms with Gasteiger partial charge in [-0.1, -0.05) is 6.07 Å². The van der Waals surface area contributed by atoms with Crippen LogP contribution in [0.15, 0.2) is 59.6 Å². The van der Waals surface area contributed by atoms with Crippen LogP contribution in [0.5, 0.6) is 11.6 Å². The Labute approximate surface area is 175 Å². The monoisotopic (exact) mass is 413 g/mol. The molecule has 30 heavy (non-hydrogen) atoms. The second kappa shape index (κ2) is 7.00. The number of ether oxygens (including phenoxy) is 1. The summed E-state index contributed by atoms with van der Waals surface area (Å²) in [5.41, 5.74) is 2.96. The van der Waals surface area contributed by atoms with Gasteiger partial charge in [-0.25, -0.2) is 4.98 Å². The quantitative estimate of drug-likeness (QED) is 0.406. The minimum Gasteiger partial charge on any atom is -0.438 e. The summed E-state index contributed by atoms with van der Waals surface area (Å²) >= 11 is 1.74. The van der Waals surface area contributed by atoms with E-state index in [1.807, 2.05) is 36.4 Å². The van der Waals surface area contributed by atoms with Crippen LogP contribution in [0.3, 0.4) is 0 Å². The van der Waals surface area contributed by atoms with Gasteiger partial charge in [0.15, 0.2) is 5.82 Å². The second-order valence-corrected chi connectivity index (χ2v) is 8.09. The number of hydrogen-bond donors (Lipinski definition) is 0. The Bertz CT molecular complexity index is 1350. The van der Waals surface area contributed by atoms with E-state index in [9.17, 15) is 0 Å². The van der Waals surface area contributed by atoms with Gasteiger partial charge in [-0.05, 0) is 55.2 Å². The maximum atomic E-state index is 6.32. The number of fused-ring (bicyclic) bond motifs is 3. The first kappa shape index (κ1) is 17.2. The molecule has 6 rings (SSSR count). The summed E-state index contributed by atoms with van der Waals surface area (Å²) in [4.78, 5) is 16.2. The molecule has 4 aromatic heterocycles. The number of hydrogen-bond acceptors (Lipinski definition) is 8. The van der Waals surface area contributed by atoms with Crippen LogP contribution in [-0.4, -0.2) is 25.1 Å². The summed E-state index contributed by atoms with van der Waals surface area (Å²) in [6, 6.07) is 11.4. The second-order valence-electron chi connectivity index (χ2n) is 7.01. The van der Waals surface area contributed by atoms with E-state index in [-0.39, 0.29) is 0 Å². The molecule has 0 spiro atoms. The van der Waals surface area contributed by atoms with Crippen molar-refractivity contribution in [3.05, 3.63) is 65.6 Å². The van der Waals surface area contributed by atoms with Crippen molar-refractivity contribution < 1.29 is 9.15 Å². The molecular formula is C22H15N5O2S. The van der Waals surface area contributed by atoms with Crippen LogP contribution in [0.25, 0.3) is 33.1 Å². The molecule has 0 amide bonds. The van der Waals surface area contributed by atoms with Crippen LogP contribution in [-0.2, 0) is 12.8 Å². The molecule has 0 saturated heterocycles. The van der Waals surface area contributed by atoms with Crippen molar-refractivity contribution >= 4 is 21.6 Å². The zero-order valence-electron chi connectivity index (χ0n) is 15.8. The number of pyridine rings is 1. The molecule has 5 aromatic rings. The third kappa shape index (κ3) is 2.93. The minimum atomic E-state index is 0.445. The van der Waals surface area contributed by atoms with Gasteiger partial charge in [0, 0.05) is 28.4 Å². The third-order valence-electron chi connectivity index (χ3n) is 5.11. The zero-order valence-corrected chi connectivity index (χ0v) is 16.6. The molecule has 0 radical (unpaired) electrons. The van der Waals surface area contributed by atoms with Crippen LogP contribution in [0, 0.1) is 0 Å². The number of aryl methyl sites for hydroxylation is 2. The highest BCUT2D eigenvalue weighted by atomic mass is 32.1. The Morgan fingerprint density at radius 2 is 2.00 bits per heavy atom. The highest BCUT2D eigenvalue weighted by molar-refractivity contribution is 7.19. The van der Waals surface area contributed by atoms with E-state index in [1.165, 1.54) is 16.8 Å². The largest absolute Gasteiger partial charge is 0.438 e. The van der Waals surface area contributed by atoms with E-state index in [4.69, 9.17) is 19.1 Å². The lowest BCUT2D eigenvalue weighted by atomic mass is 10.2. The molecule has 7 nitrogen and oxygen atoms in total. The van der Waals surface area contributed by atoms with E-state index < -0.39 is 0 Å². The Balaban J connectivity index is 1.49. The fourth-order valence-electron chi connectivity index (χ4n) is 3.76. The molecule has 0 unspecified atom stereocenters. The van der Waals surface area contributed by atoms with E-state index in [0.717, 1.165) is 40.6 Å². The van der Waals surface area contributed by atoms with Crippen LogP contribution in [0.1, 0.15) is 16.9 Å². The lowest BCUT2D eigenvalue weighted by Gasteiger charge is -2.10. The molecule has 0 aliphatic heterocycles. The van der Waals surface area contributed by atoms with E-state index in [2.05, 4.69) is 15.2 Å². The van der Waals surface area contributed by atoms with Crippen molar-refractivity contribution in [1.82, 2.24) is 25.1 Å². The predicted molar refractivity (Wildman–Crippen MR) is 112 cm³/mol. The van der Waals surface area contributed by atoms with Crippen LogP contribution >= 0.6 is 11.3 Å². The summed E-state index contributed by atoms with van der Waals surface area (Å²) in [7, 11) is 0. The van der Waals surface area contributed by atoms with Gasteiger partial charge in [-0.2, -0.15) is 4.98 Å². The summed E-state index contributed by atoms with van der Waals surface area (Å²) in [6.45, 7) is 0. The minimum absolute atomic E-state index is 0.445. The van der Waals surface area contributed by atoms with Crippen molar-refractivity contribution in [2.45, 2.75) is 19.3 Å². The Hall–Kier alpha value is -3.65. The molecule has 1 aliphatic carbocycles. The Kier molecular flexibility index (Phi) is 4.02. The molecule has 1 aromatic carbocycles. The maximum Gasteiger partial charge on any atom is 0.247 e. The third-order valence-corrected chi connectivity index (χ3v) is 6.29. The van der Waals surface area contributed by atoms with E-state index in [0.29, 0.717) is 23.3 Å². The van der Waals surface area contributed by atoms with E-state index in [1.54, 1.807) is 23.7 Å². The van der Waals surface area contributed by atoms with Crippen molar-refractivity contribution in [3.8, 4) is 34.5 Å². The smallest absolute Gasteiger partial charge is 0.247 e. The van der Waals surface area contributed by atoms with Crippen LogP contribution < -0.4 is 4.74 Å². The van der Waals surface area contributed by atoms with Crippen LogP contribution in [0.2, 0.25) is 0 Å². The number of aromatic nitrogens is 5. The van der Waals surface area contributed by atoms with Crippen molar-refractivity contribution in [1.29, 1.82) is 0 Å². The molecule has 146 valence electrons. The van der Waals surface area contributed by atoms with Crippen LogP contribution in [0.4, 0.5) is 0 Å². The summed E-state index contributed by atoms with van der Waals surface area (Å²) in [5.74, 6) is 2.28. The molecule has 8 heteroatoms. The average molecular weight is 413 g/mol. The number of rotatable bonds is 4. The fraction of sp³-hybridized carbons (Fsp3) is 0.136. The molecule has 0 bridgehead atoms. The molecular weight excluding hydrogens is 398 g/mol. The first-order valence-electron chi connectivity index (χ1n) is 9.62. The first-order valence-corrected chi connectivity index (χ1v) is 10.4. The van der Waals surface area contributed by atoms with Gasteiger partial charge in [0.05, 0.1) is 5.39 Å². The van der Waals surface area contributed by atoms with Gasteiger partial charge in [0.25, 0.3) is 0 Å². The maximum absolute atomic E-state index is 6.32. The van der Waals surface area contributed by atoms with Crippen molar-refractivity contribution in [2.24, 2.45) is 0 Å². The number of thiophene rings is 1. The molecule has 0 atom stereocenters. The van der Waals surface area contributed by atoms with Gasteiger partial charge in [-0.15, -0.1) is 21.5 Å². The fourth-order valence-corrected chi connectivity index (χ4v) is 5.02. The lowest BCUT2D eigenvalue weighted by Crippen LogP contribution is -1.96. The number of benzene rings is 1. The van der Waals surface area contributed by atoms with Crippen molar-refractivity contribution in [3.63, 3.8) is 0 Å². The summed E-state index contributed by atoms with van der Waals surface area (Å²) in [6.07, 6.45) is 8.10. The first-order chi connectivity index (χ1) is 14.8. The molecule has 4 heterocycles. The molecule has 0 N–H and O–H groups in total. The topological polar surface area (TPSA) is 86.8 Å². The van der Waals surface area contributed by atoms with Gasteiger partial charge in [-0.3, -0.25) is 4.98 Å². The highest BCUT2D eigenvalue weighted by Crippen LogP contribution is 2.42. The standard InChI is InChI=1S/C22H15N5O2S/c1-4-13(20-27-24-12-28-20)10-15(6-1)29-21-18-16-7-2-8-17(16)30-22(18)26-19(25-21)14-5-3-9-23-11-14/h1,3-6,9-12H,2,7-8H2. The Morgan fingerprint density at radius 1 is 1.03 bits per heavy atom. The van der Waals surface area contributed by atoms with Crippen molar-refractivity contribution in [2.75, 3.05) is 0 Å². The molecule has 0 fully saturated rings. The SMILES string of the molecule is c1cncc(-c2nc(Oc3cccc(-c4nnco4)c3)c3c4c(sc3n2)CCC4)c1. The van der Waals surface area contributed by atoms with E-state index >= 15 is 0 Å². The summed E-state index contributed by atoms with van der Waals surface area (Å²) in [5, 5.41) is 8.74. The summed E-state index contributed by atoms with van der Waals surface area (Å²) < 4.78 is 11.6. The lowest BCUT2D eigenvalue weighted by molar-refractivity contribution is 0.468. The predicted octanol–water partition coefficient (Wildman–Crippen LogP) is 5.08. The highest BCUT2D eigenvalue weighted by Gasteiger charge is 2.24. The van der Waals surface area contributed by atoms with Gasteiger partial charge in [0.1, 0.15) is 10.6 Å².